The summed E-state index contributed by atoms with van der Waals surface area (Å²) >= 11 is 6.34. The maximum absolute atomic E-state index is 13.9. The fourth-order valence-corrected chi connectivity index (χ4v) is 3.48. The number of fused-ring (bicyclic) bond motifs is 6. The number of benzene rings is 1. The Labute approximate surface area is 137 Å². The highest BCUT2D eigenvalue weighted by Crippen LogP contribution is 2.64. The predicted octanol–water partition coefficient (Wildman–Crippen LogP) is 5.51. The van der Waals surface area contributed by atoms with Gasteiger partial charge in [0.15, 0.2) is 0 Å². The Kier molecular flexibility index (Phi) is 2.71. The molecule has 0 saturated heterocycles. The van der Waals surface area contributed by atoms with Gasteiger partial charge in [-0.25, -0.2) is 9.97 Å². The Morgan fingerprint density at radius 2 is 1.45 bits per heavy atom. The standard InChI is InChI=1S/C14H4Br2F4N2/c15-8-2-1-5-10-11(14(19,20)13(10,17)18)7-4-21-9(16)3-6(7)12(5)22-8/h1-4H. The van der Waals surface area contributed by atoms with Crippen molar-refractivity contribution in [1.82, 2.24) is 9.97 Å². The molecular formula is C14H4Br2F4N2. The number of halogens is 6. The van der Waals surface area contributed by atoms with Gasteiger partial charge in [0.1, 0.15) is 9.21 Å². The molecule has 0 spiro atoms. The van der Waals surface area contributed by atoms with Crippen LogP contribution in [0.5, 0.6) is 0 Å². The molecule has 2 nitrogen and oxygen atoms in total. The van der Waals surface area contributed by atoms with Crippen LogP contribution in [-0.2, 0) is 11.8 Å². The summed E-state index contributed by atoms with van der Waals surface area (Å²) in [7, 11) is 0. The number of nitrogens with zero attached hydrogens (tertiary/aromatic N) is 2. The lowest BCUT2D eigenvalue weighted by molar-refractivity contribution is -0.251. The van der Waals surface area contributed by atoms with Crippen LogP contribution >= 0.6 is 31.9 Å². The molecule has 0 bridgehead atoms. The lowest BCUT2D eigenvalue weighted by Gasteiger charge is -2.40. The van der Waals surface area contributed by atoms with Gasteiger partial charge in [-0.1, -0.05) is 0 Å². The molecule has 3 aromatic rings. The van der Waals surface area contributed by atoms with Crippen molar-refractivity contribution in [3.63, 3.8) is 0 Å². The number of rotatable bonds is 0. The van der Waals surface area contributed by atoms with Gasteiger partial charge in [0.25, 0.3) is 0 Å². The van der Waals surface area contributed by atoms with E-state index >= 15 is 0 Å². The largest absolute Gasteiger partial charge is 0.340 e. The smallest absolute Gasteiger partial charge is 0.249 e. The summed E-state index contributed by atoms with van der Waals surface area (Å²) in [5, 5.41) is 0.374. The second kappa shape index (κ2) is 4.17. The highest BCUT2D eigenvalue weighted by atomic mass is 79.9. The second-order valence-electron chi connectivity index (χ2n) is 4.98. The Balaban J connectivity index is 2.31. The quantitative estimate of drug-likeness (QED) is 0.264. The molecule has 22 heavy (non-hydrogen) atoms. The zero-order valence-electron chi connectivity index (χ0n) is 10.5. The highest BCUT2D eigenvalue weighted by molar-refractivity contribution is 9.10. The van der Waals surface area contributed by atoms with Crippen LogP contribution < -0.4 is 0 Å². The minimum absolute atomic E-state index is 0.00720. The van der Waals surface area contributed by atoms with Gasteiger partial charge < -0.3 is 0 Å². The van der Waals surface area contributed by atoms with Gasteiger partial charge in [-0.3, -0.25) is 0 Å². The average Bonchev–Trinajstić information content (AvgIpc) is 2.45. The number of pyridine rings is 2. The third kappa shape index (κ3) is 1.54. The number of aromatic nitrogens is 2. The topological polar surface area (TPSA) is 25.8 Å². The molecule has 8 heteroatoms. The molecule has 0 N–H and O–H groups in total. The molecule has 1 aliphatic carbocycles. The van der Waals surface area contributed by atoms with Crippen molar-refractivity contribution in [2.75, 3.05) is 0 Å². The van der Waals surface area contributed by atoms with Gasteiger partial charge in [-0.2, -0.15) is 17.6 Å². The van der Waals surface area contributed by atoms with Gasteiger partial charge in [-0.15, -0.1) is 0 Å². The van der Waals surface area contributed by atoms with Crippen LogP contribution in [0.15, 0.2) is 33.6 Å². The van der Waals surface area contributed by atoms with E-state index < -0.39 is 23.0 Å². The van der Waals surface area contributed by atoms with Crippen molar-refractivity contribution in [3.8, 4) is 0 Å². The van der Waals surface area contributed by atoms with Crippen molar-refractivity contribution >= 4 is 53.5 Å². The maximum Gasteiger partial charge on any atom is 0.340 e. The molecule has 2 aromatic heterocycles. The van der Waals surface area contributed by atoms with Crippen LogP contribution in [-0.4, -0.2) is 9.97 Å². The van der Waals surface area contributed by atoms with E-state index in [1.807, 2.05) is 0 Å². The monoisotopic (exact) mass is 434 g/mol. The van der Waals surface area contributed by atoms with Crippen LogP contribution in [0, 0.1) is 0 Å². The molecule has 0 radical (unpaired) electrons. The summed E-state index contributed by atoms with van der Waals surface area (Å²) in [4.78, 5) is 8.07. The molecule has 0 fully saturated rings. The van der Waals surface area contributed by atoms with E-state index in [2.05, 4.69) is 41.8 Å². The molecule has 4 rings (SSSR count). The van der Waals surface area contributed by atoms with Gasteiger partial charge >= 0.3 is 11.8 Å². The minimum atomic E-state index is -4.21. The maximum atomic E-state index is 13.9. The molecule has 0 amide bonds. The molecule has 2 heterocycles. The third-order valence-electron chi connectivity index (χ3n) is 3.80. The Hall–Kier alpha value is -1.28. The van der Waals surface area contributed by atoms with E-state index in [4.69, 9.17) is 0 Å². The first-order valence-electron chi connectivity index (χ1n) is 6.09. The van der Waals surface area contributed by atoms with Crippen molar-refractivity contribution in [1.29, 1.82) is 0 Å². The lowest BCUT2D eigenvalue weighted by atomic mass is 9.75. The zero-order chi connectivity index (χ0) is 15.9. The minimum Gasteiger partial charge on any atom is -0.249 e. The summed E-state index contributed by atoms with van der Waals surface area (Å²) in [6, 6.07) is 4.34. The average molecular weight is 436 g/mol. The molecule has 0 atom stereocenters. The van der Waals surface area contributed by atoms with Crippen LogP contribution in [0.4, 0.5) is 17.6 Å². The van der Waals surface area contributed by atoms with E-state index in [1.54, 1.807) is 0 Å². The molecule has 1 aliphatic rings. The summed E-state index contributed by atoms with van der Waals surface area (Å²) in [5.74, 6) is -8.42. The van der Waals surface area contributed by atoms with E-state index in [9.17, 15) is 17.6 Å². The van der Waals surface area contributed by atoms with Crippen molar-refractivity contribution in [2.24, 2.45) is 0 Å². The summed E-state index contributed by atoms with van der Waals surface area (Å²) in [6.07, 6.45) is 1.17. The Morgan fingerprint density at radius 1 is 0.818 bits per heavy atom. The molecule has 0 unspecified atom stereocenters. The highest BCUT2D eigenvalue weighted by Gasteiger charge is 2.71. The van der Waals surface area contributed by atoms with E-state index in [-0.39, 0.29) is 16.3 Å². The molecule has 1 aromatic carbocycles. The van der Waals surface area contributed by atoms with E-state index in [0.717, 1.165) is 0 Å². The first kappa shape index (κ1) is 14.3. The predicted molar refractivity (Wildman–Crippen MR) is 80.2 cm³/mol. The summed E-state index contributed by atoms with van der Waals surface area (Å²) < 4.78 is 56.6. The Morgan fingerprint density at radius 3 is 2.14 bits per heavy atom. The molecule has 112 valence electrons. The van der Waals surface area contributed by atoms with E-state index in [1.165, 1.54) is 24.4 Å². The van der Waals surface area contributed by atoms with Crippen molar-refractivity contribution in [3.05, 3.63) is 44.7 Å². The number of hydrogen-bond acceptors (Lipinski definition) is 2. The zero-order valence-corrected chi connectivity index (χ0v) is 13.6. The van der Waals surface area contributed by atoms with Crippen LogP contribution in [0.3, 0.4) is 0 Å². The second-order valence-corrected chi connectivity index (χ2v) is 6.61. The van der Waals surface area contributed by atoms with Crippen LogP contribution in [0.1, 0.15) is 11.1 Å². The summed E-state index contributed by atoms with van der Waals surface area (Å²) in [5.41, 5.74) is -1.09. The van der Waals surface area contributed by atoms with Crippen molar-refractivity contribution < 1.29 is 17.6 Å². The molecular weight excluding hydrogens is 432 g/mol. The first-order valence-corrected chi connectivity index (χ1v) is 7.68. The normalized spacial score (nSPS) is 18.3. The van der Waals surface area contributed by atoms with E-state index in [0.29, 0.717) is 14.6 Å². The van der Waals surface area contributed by atoms with Crippen LogP contribution in [0.25, 0.3) is 21.7 Å². The fraction of sp³-hybridized carbons (Fsp3) is 0.143. The van der Waals surface area contributed by atoms with Crippen LogP contribution in [0.2, 0.25) is 0 Å². The molecule has 0 saturated carbocycles. The fourth-order valence-electron chi connectivity index (χ4n) is 2.84. The lowest BCUT2D eigenvalue weighted by Crippen LogP contribution is -2.47. The number of hydrogen-bond donors (Lipinski definition) is 0. The number of alkyl halides is 4. The SMILES string of the molecule is FC1(F)c2c(c3ccc(Br)nc3c3cc(Br)ncc23)C1(F)F. The third-order valence-corrected chi connectivity index (χ3v) is 4.67. The van der Waals surface area contributed by atoms with Gasteiger partial charge in [-0.05, 0) is 50.1 Å². The van der Waals surface area contributed by atoms with Gasteiger partial charge in [0.05, 0.1) is 5.52 Å². The van der Waals surface area contributed by atoms with Gasteiger partial charge in [0.2, 0.25) is 0 Å². The summed E-state index contributed by atoms with van der Waals surface area (Å²) in [6.45, 7) is 0. The van der Waals surface area contributed by atoms with Gasteiger partial charge in [0, 0.05) is 33.5 Å². The molecule has 0 aliphatic heterocycles. The Bertz CT molecular complexity index is 893. The van der Waals surface area contributed by atoms with Crippen molar-refractivity contribution in [2.45, 2.75) is 11.8 Å². The first-order chi connectivity index (χ1) is 10.2.